The van der Waals surface area contributed by atoms with E-state index in [1.54, 1.807) is 6.07 Å². The zero-order chi connectivity index (χ0) is 25.0. The number of nitrogens with one attached hydrogen (secondary N) is 2. The number of rotatable bonds is 7. The molecule has 1 aromatic heterocycles. The topological polar surface area (TPSA) is 101 Å². The van der Waals surface area contributed by atoms with Crippen LogP contribution in [0.4, 0.5) is 14.9 Å². The Morgan fingerprint density at radius 3 is 2.41 bits per heavy atom. The molecular formula is C24H33FN4O4S. The molecule has 34 heavy (non-hydrogen) atoms. The van der Waals surface area contributed by atoms with Crippen molar-refractivity contribution < 1.29 is 22.3 Å². The number of piperidine rings is 1. The van der Waals surface area contributed by atoms with Crippen LogP contribution in [0.2, 0.25) is 0 Å². The summed E-state index contributed by atoms with van der Waals surface area (Å²) in [5, 5.41) is 2.03. The number of urea groups is 1. The number of hydrogen-bond acceptors (Lipinski definition) is 6. The van der Waals surface area contributed by atoms with Crippen LogP contribution in [0.15, 0.2) is 30.6 Å². The summed E-state index contributed by atoms with van der Waals surface area (Å²) in [4.78, 5) is 19.2. The molecule has 1 aromatic carbocycles. The van der Waals surface area contributed by atoms with E-state index in [9.17, 15) is 17.6 Å². The molecule has 0 saturated carbocycles. The molecule has 0 aliphatic carbocycles. The normalized spacial score (nSPS) is 15.5. The van der Waals surface area contributed by atoms with Gasteiger partial charge < -0.3 is 15.0 Å². The van der Waals surface area contributed by atoms with Crippen molar-refractivity contribution in [3.8, 4) is 16.9 Å². The molecule has 0 atom stereocenters. The highest BCUT2D eigenvalue weighted by Crippen LogP contribution is 2.36. The van der Waals surface area contributed by atoms with E-state index in [1.165, 1.54) is 31.6 Å². The molecule has 2 aromatic rings. The van der Waals surface area contributed by atoms with Crippen molar-refractivity contribution >= 4 is 21.7 Å². The summed E-state index contributed by atoms with van der Waals surface area (Å²) in [7, 11) is -2.38. The molecule has 0 spiro atoms. The van der Waals surface area contributed by atoms with Crippen LogP contribution < -0.4 is 14.8 Å². The average Bonchev–Trinajstić information content (AvgIpc) is 2.79. The van der Waals surface area contributed by atoms with Crippen molar-refractivity contribution in [3.63, 3.8) is 0 Å². The van der Waals surface area contributed by atoms with Crippen molar-refractivity contribution in [2.45, 2.75) is 57.7 Å². The van der Waals surface area contributed by atoms with Crippen molar-refractivity contribution in [2.24, 2.45) is 0 Å². The lowest BCUT2D eigenvalue weighted by atomic mass is 9.94. The summed E-state index contributed by atoms with van der Waals surface area (Å²) in [6.07, 6.45) is 3.96. The minimum atomic E-state index is -3.88. The molecule has 0 radical (unpaired) electrons. The maximum Gasteiger partial charge on any atom is 0.332 e. The van der Waals surface area contributed by atoms with Gasteiger partial charge in [-0.15, -0.1) is 0 Å². The molecule has 2 N–H and O–H groups in total. The molecule has 1 aliphatic rings. The summed E-state index contributed by atoms with van der Waals surface area (Å²) in [5.74, 6) is -0.143. The molecular weight excluding hydrogens is 459 g/mol. The molecule has 1 fully saturated rings. The number of methoxy groups -OCH3 is 1. The summed E-state index contributed by atoms with van der Waals surface area (Å²) >= 11 is 0. The van der Waals surface area contributed by atoms with E-state index in [-0.39, 0.29) is 5.92 Å². The number of aromatic nitrogens is 1. The first-order valence-electron chi connectivity index (χ1n) is 11.4. The first-order chi connectivity index (χ1) is 16.0. The van der Waals surface area contributed by atoms with Crippen molar-refractivity contribution in [1.29, 1.82) is 0 Å². The van der Waals surface area contributed by atoms with Gasteiger partial charge in [0.1, 0.15) is 11.6 Å². The summed E-state index contributed by atoms with van der Waals surface area (Å²) in [6.45, 7) is 9.20. The number of anilines is 1. The molecule has 1 aliphatic heterocycles. The number of pyridine rings is 1. The van der Waals surface area contributed by atoms with Gasteiger partial charge >= 0.3 is 6.03 Å². The quantitative estimate of drug-likeness (QED) is 0.596. The maximum absolute atomic E-state index is 14.5. The van der Waals surface area contributed by atoms with E-state index >= 15 is 0 Å². The van der Waals surface area contributed by atoms with Crippen molar-refractivity contribution in [1.82, 2.24) is 14.6 Å². The summed E-state index contributed by atoms with van der Waals surface area (Å²) < 4.78 is 47.7. The number of carbonyl (C=O) groups is 1. The minimum Gasteiger partial charge on any atom is -0.495 e. The highest BCUT2D eigenvalue weighted by Gasteiger charge is 2.32. The number of likely N-dealkylation sites (tertiary alicyclic amines) is 1. The summed E-state index contributed by atoms with van der Waals surface area (Å²) in [6, 6.07) is 3.77. The second-order valence-electron chi connectivity index (χ2n) is 9.12. The van der Waals surface area contributed by atoms with Crippen LogP contribution in [0.25, 0.3) is 11.1 Å². The van der Waals surface area contributed by atoms with Gasteiger partial charge in [-0.2, -0.15) is 0 Å². The smallest absolute Gasteiger partial charge is 0.332 e. The van der Waals surface area contributed by atoms with Gasteiger partial charge in [0, 0.05) is 23.4 Å². The lowest BCUT2D eigenvalue weighted by molar-refractivity contribution is 0.186. The monoisotopic (exact) mass is 492 g/mol. The number of benzene rings is 1. The van der Waals surface area contributed by atoms with E-state index in [4.69, 9.17) is 4.74 Å². The Balaban J connectivity index is 1.87. The maximum atomic E-state index is 14.5. The van der Waals surface area contributed by atoms with Crippen LogP contribution in [0, 0.1) is 5.82 Å². The minimum absolute atomic E-state index is 0.139. The Morgan fingerprint density at radius 2 is 1.82 bits per heavy atom. The predicted octanol–water partition coefficient (Wildman–Crippen LogP) is 4.34. The SMILES string of the molecule is COc1cncc(-c2cc(F)cc(C(C)C)c2NC(=O)NS(=O)(=O)C2CCN(C(C)C)CC2)c1. The fraction of sp³-hybridized carbons (Fsp3) is 0.500. The van der Waals surface area contributed by atoms with E-state index < -0.39 is 27.1 Å². The molecule has 0 bridgehead atoms. The van der Waals surface area contributed by atoms with Gasteiger partial charge in [0.2, 0.25) is 10.0 Å². The molecule has 10 heteroatoms. The fourth-order valence-corrected chi connectivity index (χ4v) is 5.49. The van der Waals surface area contributed by atoms with E-state index in [0.29, 0.717) is 60.1 Å². The number of ether oxygens (including phenoxy) is 1. The molecule has 0 unspecified atom stereocenters. The average molecular weight is 493 g/mol. The van der Waals surface area contributed by atoms with E-state index in [1.807, 2.05) is 13.8 Å². The lowest BCUT2D eigenvalue weighted by Crippen LogP contribution is -2.47. The Kier molecular flexibility index (Phi) is 8.14. The van der Waals surface area contributed by atoms with Crippen LogP contribution in [0.1, 0.15) is 52.0 Å². The van der Waals surface area contributed by atoms with Gasteiger partial charge in [-0.05, 0) is 69.5 Å². The standard InChI is InChI=1S/C24H33FN4O4S/c1-15(2)21-11-18(25)12-22(17-10-19(33-5)14-26-13-17)23(21)27-24(30)28-34(31,32)20-6-8-29(9-7-20)16(3)4/h10-16,20H,6-9H2,1-5H3,(H2,27,28,30). The molecule has 8 nitrogen and oxygen atoms in total. The van der Waals surface area contributed by atoms with Crippen LogP contribution in [0.5, 0.6) is 5.75 Å². The number of hydrogen-bond donors (Lipinski definition) is 2. The summed E-state index contributed by atoms with van der Waals surface area (Å²) in [5.41, 5.74) is 1.78. The molecule has 186 valence electrons. The van der Waals surface area contributed by atoms with E-state index in [2.05, 4.69) is 33.8 Å². The predicted molar refractivity (Wildman–Crippen MR) is 131 cm³/mol. The zero-order valence-corrected chi connectivity index (χ0v) is 21.1. The Morgan fingerprint density at radius 1 is 1.15 bits per heavy atom. The Hall–Kier alpha value is -2.72. The van der Waals surface area contributed by atoms with Crippen LogP contribution in [-0.4, -0.2) is 55.8 Å². The van der Waals surface area contributed by atoms with E-state index in [0.717, 1.165) is 0 Å². The third kappa shape index (κ3) is 6.04. The Bertz CT molecular complexity index is 1130. The van der Waals surface area contributed by atoms with Crippen molar-refractivity contribution in [2.75, 3.05) is 25.5 Å². The number of carbonyl (C=O) groups excluding carboxylic acids is 1. The number of amides is 2. The number of nitrogens with zero attached hydrogens (tertiary/aromatic N) is 2. The molecule has 1 saturated heterocycles. The van der Waals surface area contributed by atoms with Crippen LogP contribution in [0.3, 0.4) is 0 Å². The van der Waals surface area contributed by atoms with Crippen LogP contribution in [-0.2, 0) is 10.0 Å². The van der Waals surface area contributed by atoms with Crippen LogP contribution >= 0.6 is 0 Å². The first kappa shape index (κ1) is 25.9. The van der Waals surface area contributed by atoms with Crippen molar-refractivity contribution in [3.05, 3.63) is 42.0 Å². The number of halogens is 1. The third-order valence-electron chi connectivity index (χ3n) is 6.13. The number of sulfonamides is 1. The van der Waals surface area contributed by atoms with Gasteiger partial charge in [0.15, 0.2) is 0 Å². The Labute approximate surface area is 201 Å². The highest BCUT2D eigenvalue weighted by molar-refractivity contribution is 7.90. The largest absolute Gasteiger partial charge is 0.495 e. The molecule has 2 heterocycles. The first-order valence-corrected chi connectivity index (χ1v) is 13.0. The zero-order valence-electron chi connectivity index (χ0n) is 20.3. The van der Waals surface area contributed by atoms with Gasteiger partial charge in [-0.3, -0.25) is 4.98 Å². The highest BCUT2D eigenvalue weighted by atomic mass is 32.2. The van der Waals surface area contributed by atoms with Gasteiger partial charge in [0.05, 0.1) is 24.2 Å². The van der Waals surface area contributed by atoms with Gasteiger partial charge in [-0.1, -0.05) is 13.8 Å². The third-order valence-corrected chi connectivity index (χ3v) is 7.95. The lowest BCUT2D eigenvalue weighted by Gasteiger charge is -2.34. The van der Waals surface area contributed by atoms with Gasteiger partial charge in [-0.25, -0.2) is 22.3 Å². The molecule has 3 rings (SSSR count). The fourth-order valence-electron chi connectivity index (χ4n) is 4.18. The second kappa shape index (κ2) is 10.7. The second-order valence-corrected chi connectivity index (χ2v) is 11.1. The molecule has 2 amide bonds. The van der Waals surface area contributed by atoms with Gasteiger partial charge in [0.25, 0.3) is 0 Å².